The minimum Gasteiger partial charge on any atom is -0.455 e. The molecule has 0 radical (unpaired) electrons. The molecule has 0 saturated carbocycles. The number of aromatic nitrogens is 3. The standard InChI is InChI=1S/C14H11N3O2/c1-9-14(18)17-12-11(7-8-15-13(12)16-9)19-10-5-3-2-4-6-10/h2-8H,1H3,(H,17,18). The van der Waals surface area contributed by atoms with E-state index in [4.69, 9.17) is 4.74 Å². The number of benzene rings is 1. The van der Waals surface area contributed by atoms with Gasteiger partial charge in [0.15, 0.2) is 11.4 Å². The predicted octanol–water partition coefficient (Wildman–Crippen LogP) is 2.42. The molecule has 0 amide bonds. The van der Waals surface area contributed by atoms with Crippen molar-refractivity contribution in [2.75, 3.05) is 0 Å². The number of hydrogen-bond donors (Lipinski definition) is 1. The Balaban J connectivity index is 2.14. The van der Waals surface area contributed by atoms with E-state index in [-0.39, 0.29) is 5.56 Å². The van der Waals surface area contributed by atoms with Crippen LogP contribution in [0.1, 0.15) is 5.69 Å². The van der Waals surface area contributed by atoms with E-state index < -0.39 is 0 Å². The van der Waals surface area contributed by atoms with Gasteiger partial charge in [0.25, 0.3) is 5.56 Å². The van der Waals surface area contributed by atoms with Gasteiger partial charge in [-0.3, -0.25) is 4.79 Å². The molecule has 0 spiro atoms. The Labute approximate surface area is 108 Å². The molecule has 0 bridgehead atoms. The molecule has 5 heteroatoms. The van der Waals surface area contributed by atoms with E-state index in [0.717, 1.165) is 0 Å². The van der Waals surface area contributed by atoms with Gasteiger partial charge >= 0.3 is 0 Å². The molecule has 3 rings (SSSR count). The van der Waals surface area contributed by atoms with Crippen molar-refractivity contribution in [3.05, 3.63) is 58.6 Å². The van der Waals surface area contributed by atoms with Crippen molar-refractivity contribution in [1.82, 2.24) is 15.0 Å². The largest absolute Gasteiger partial charge is 0.455 e. The van der Waals surface area contributed by atoms with Crippen LogP contribution >= 0.6 is 0 Å². The fourth-order valence-corrected chi connectivity index (χ4v) is 1.75. The zero-order valence-electron chi connectivity index (χ0n) is 10.3. The number of nitrogens with zero attached hydrogens (tertiary/aromatic N) is 2. The summed E-state index contributed by atoms with van der Waals surface area (Å²) in [6, 6.07) is 11.0. The first-order valence-electron chi connectivity index (χ1n) is 5.82. The van der Waals surface area contributed by atoms with Crippen molar-refractivity contribution < 1.29 is 4.74 Å². The molecule has 0 aliphatic carbocycles. The molecular formula is C14H11N3O2. The summed E-state index contributed by atoms with van der Waals surface area (Å²) < 4.78 is 5.74. The summed E-state index contributed by atoms with van der Waals surface area (Å²) in [5, 5.41) is 0. The van der Waals surface area contributed by atoms with Crippen LogP contribution in [-0.4, -0.2) is 15.0 Å². The number of fused-ring (bicyclic) bond motifs is 1. The summed E-state index contributed by atoms with van der Waals surface area (Å²) >= 11 is 0. The quantitative estimate of drug-likeness (QED) is 0.761. The Morgan fingerprint density at radius 3 is 2.74 bits per heavy atom. The fourth-order valence-electron chi connectivity index (χ4n) is 1.75. The summed E-state index contributed by atoms with van der Waals surface area (Å²) in [5.41, 5.74) is 1.11. The van der Waals surface area contributed by atoms with Crippen LogP contribution in [0.5, 0.6) is 11.5 Å². The second-order valence-electron chi connectivity index (χ2n) is 4.07. The highest BCUT2D eigenvalue weighted by Gasteiger charge is 2.08. The SMILES string of the molecule is Cc1nc2nccc(Oc3ccccc3)c2[nH]c1=O. The van der Waals surface area contributed by atoms with Gasteiger partial charge in [-0.15, -0.1) is 0 Å². The lowest BCUT2D eigenvalue weighted by atomic mass is 10.3. The van der Waals surface area contributed by atoms with Crippen LogP contribution in [0.15, 0.2) is 47.4 Å². The number of hydrogen-bond acceptors (Lipinski definition) is 4. The highest BCUT2D eigenvalue weighted by Crippen LogP contribution is 2.25. The maximum absolute atomic E-state index is 11.6. The summed E-state index contributed by atoms with van der Waals surface area (Å²) in [7, 11) is 0. The second-order valence-corrected chi connectivity index (χ2v) is 4.07. The van der Waals surface area contributed by atoms with E-state index in [1.807, 2.05) is 30.3 Å². The highest BCUT2D eigenvalue weighted by atomic mass is 16.5. The molecule has 1 N–H and O–H groups in total. The van der Waals surface area contributed by atoms with Crippen LogP contribution in [0.4, 0.5) is 0 Å². The Bertz CT molecular complexity index is 782. The number of H-pyrrole nitrogens is 1. The van der Waals surface area contributed by atoms with Gasteiger partial charge in [0.2, 0.25) is 0 Å². The Morgan fingerprint density at radius 1 is 1.16 bits per heavy atom. The first-order valence-corrected chi connectivity index (χ1v) is 5.82. The number of pyridine rings is 1. The zero-order valence-corrected chi connectivity index (χ0v) is 10.3. The van der Waals surface area contributed by atoms with Crippen molar-refractivity contribution in [3.63, 3.8) is 0 Å². The molecule has 0 saturated heterocycles. The van der Waals surface area contributed by atoms with E-state index in [1.54, 1.807) is 19.2 Å². The van der Waals surface area contributed by atoms with Crippen LogP contribution in [0.2, 0.25) is 0 Å². The van der Waals surface area contributed by atoms with Gasteiger partial charge in [-0.1, -0.05) is 18.2 Å². The summed E-state index contributed by atoms with van der Waals surface area (Å²) in [6.07, 6.45) is 1.60. The predicted molar refractivity (Wildman–Crippen MR) is 71.4 cm³/mol. The third-order valence-corrected chi connectivity index (χ3v) is 2.70. The average molecular weight is 253 g/mol. The lowest BCUT2D eigenvalue weighted by Gasteiger charge is -2.07. The smallest absolute Gasteiger partial charge is 0.270 e. The first kappa shape index (κ1) is 11.4. The lowest BCUT2D eigenvalue weighted by molar-refractivity contribution is 0.486. The van der Waals surface area contributed by atoms with Gasteiger partial charge in [-0.25, -0.2) is 9.97 Å². The molecule has 0 unspecified atom stereocenters. The van der Waals surface area contributed by atoms with Crippen molar-refractivity contribution in [2.45, 2.75) is 6.92 Å². The number of aromatic amines is 1. The molecule has 0 aliphatic heterocycles. The summed E-state index contributed by atoms with van der Waals surface area (Å²) in [4.78, 5) is 22.6. The van der Waals surface area contributed by atoms with Crippen LogP contribution in [-0.2, 0) is 0 Å². The molecule has 0 aliphatic rings. The average Bonchev–Trinajstić information content (AvgIpc) is 2.42. The Hall–Kier alpha value is -2.69. The molecular weight excluding hydrogens is 242 g/mol. The number of para-hydroxylation sites is 1. The van der Waals surface area contributed by atoms with Crippen LogP contribution in [0, 0.1) is 6.92 Å². The normalized spacial score (nSPS) is 10.6. The van der Waals surface area contributed by atoms with Crippen LogP contribution in [0.3, 0.4) is 0 Å². The minimum atomic E-state index is -0.238. The Morgan fingerprint density at radius 2 is 1.95 bits per heavy atom. The minimum absolute atomic E-state index is 0.238. The summed E-state index contributed by atoms with van der Waals surface area (Å²) in [5.74, 6) is 1.22. The monoisotopic (exact) mass is 253 g/mol. The number of rotatable bonds is 2. The van der Waals surface area contributed by atoms with Gasteiger partial charge in [-0.05, 0) is 19.1 Å². The van der Waals surface area contributed by atoms with Crippen molar-refractivity contribution in [2.24, 2.45) is 0 Å². The van der Waals surface area contributed by atoms with E-state index in [0.29, 0.717) is 28.4 Å². The maximum Gasteiger partial charge on any atom is 0.270 e. The van der Waals surface area contributed by atoms with Crippen molar-refractivity contribution in [1.29, 1.82) is 0 Å². The zero-order chi connectivity index (χ0) is 13.2. The van der Waals surface area contributed by atoms with E-state index >= 15 is 0 Å². The molecule has 0 fully saturated rings. The Kier molecular flexibility index (Phi) is 2.72. The van der Waals surface area contributed by atoms with Crippen molar-refractivity contribution in [3.8, 4) is 11.5 Å². The molecule has 19 heavy (non-hydrogen) atoms. The second kappa shape index (κ2) is 4.53. The highest BCUT2D eigenvalue weighted by molar-refractivity contribution is 5.77. The molecule has 1 aromatic carbocycles. The van der Waals surface area contributed by atoms with Gasteiger partial charge in [-0.2, -0.15) is 0 Å². The topological polar surface area (TPSA) is 67.9 Å². The maximum atomic E-state index is 11.6. The van der Waals surface area contributed by atoms with Crippen molar-refractivity contribution >= 4 is 11.2 Å². The third kappa shape index (κ3) is 2.18. The van der Waals surface area contributed by atoms with E-state index in [2.05, 4.69) is 15.0 Å². The molecule has 3 aromatic rings. The van der Waals surface area contributed by atoms with Gasteiger partial charge in [0, 0.05) is 12.3 Å². The van der Waals surface area contributed by atoms with E-state index in [1.165, 1.54) is 0 Å². The number of nitrogens with one attached hydrogen (secondary N) is 1. The first-order chi connectivity index (χ1) is 9.24. The van der Waals surface area contributed by atoms with E-state index in [9.17, 15) is 4.79 Å². The molecule has 5 nitrogen and oxygen atoms in total. The van der Waals surface area contributed by atoms with Crippen LogP contribution in [0.25, 0.3) is 11.2 Å². The molecule has 2 aromatic heterocycles. The number of aryl methyl sites for hydroxylation is 1. The number of ether oxygens (including phenoxy) is 1. The van der Waals surface area contributed by atoms with Gasteiger partial charge in [0.1, 0.15) is 17.0 Å². The molecule has 94 valence electrons. The molecule has 2 heterocycles. The van der Waals surface area contributed by atoms with Gasteiger partial charge in [0.05, 0.1) is 0 Å². The third-order valence-electron chi connectivity index (χ3n) is 2.70. The lowest BCUT2D eigenvalue weighted by Crippen LogP contribution is -2.12. The summed E-state index contributed by atoms with van der Waals surface area (Å²) in [6.45, 7) is 1.64. The fraction of sp³-hybridized carbons (Fsp3) is 0.0714. The molecule has 0 atom stereocenters. The van der Waals surface area contributed by atoms with Crippen LogP contribution < -0.4 is 10.3 Å². The van der Waals surface area contributed by atoms with Gasteiger partial charge < -0.3 is 9.72 Å².